The van der Waals surface area contributed by atoms with Gasteiger partial charge >= 0.3 is 19.8 Å². The fourth-order valence-corrected chi connectivity index (χ4v) is 8.86. The van der Waals surface area contributed by atoms with Crippen LogP contribution in [0.1, 0.15) is 251 Å². The summed E-state index contributed by atoms with van der Waals surface area (Å²) in [6.07, 6.45) is 84.0. The largest absolute Gasteiger partial charge is 0.472 e. The number of ether oxygens (including phenoxy) is 2. The monoisotopic (exact) mass is 1080 g/mol. The van der Waals surface area contributed by atoms with Gasteiger partial charge in [-0.25, -0.2) is 4.57 Å². The molecule has 0 aromatic carbocycles. The highest BCUT2D eigenvalue weighted by atomic mass is 31.2. The van der Waals surface area contributed by atoms with Gasteiger partial charge in [-0.15, -0.1) is 0 Å². The van der Waals surface area contributed by atoms with Gasteiger partial charge in [0.1, 0.15) is 6.61 Å². The summed E-state index contributed by atoms with van der Waals surface area (Å²) < 4.78 is 33.0. The van der Waals surface area contributed by atoms with Crippen molar-refractivity contribution in [3.05, 3.63) is 122 Å². The van der Waals surface area contributed by atoms with Crippen LogP contribution in [0, 0.1) is 0 Å². The van der Waals surface area contributed by atoms with E-state index in [0.717, 1.165) is 109 Å². The number of nitrogens with two attached hydrogens (primary N) is 1. The molecule has 434 valence electrons. The lowest BCUT2D eigenvalue weighted by Crippen LogP contribution is -2.29. The van der Waals surface area contributed by atoms with E-state index in [4.69, 9.17) is 24.3 Å². The molecule has 0 aliphatic rings. The van der Waals surface area contributed by atoms with Crippen molar-refractivity contribution in [2.24, 2.45) is 5.73 Å². The molecule has 3 N–H and O–H groups in total. The van der Waals surface area contributed by atoms with Crippen molar-refractivity contribution in [1.82, 2.24) is 0 Å². The number of carbonyl (C=O) groups excluding carboxylic acids is 2. The predicted octanol–water partition coefficient (Wildman–Crippen LogP) is 19.6. The van der Waals surface area contributed by atoms with Gasteiger partial charge < -0.3 is 20.1 Å². The highest BCUT2D eigenvalue weighted by Gasteiger charge is 2.26. The molecular formula is C66H112NO8P. The Morgan fingerprint density at radius 1 is 0.408 bits per heavy atom. The first-order chi connectivity index (χ1) is 37.3. The topological polar surface area (TPSA) is 134 Å². The molecule has 9 nitrogen and oxygen atoms in total. The third-order valence-electron chi connectivity index (χ3n) is 12.6. The molecule has 76 heavy (non-hydrogen) atoms. The van der Waals surface area contributed by atoms with Crippen LogP contribution in [0.15, 0.2) is 122 Å². The van der Waals surface area contributed by atoms with Crippen molar-refractivity contribution in [2.45, 2.75) is 258 Å². The maximum atomic E-state index is 12.7. The lowest BCUT2D eigenvalue weighted by molar-refractivity contribution is -0.161. The second-order valence-corrected chi connectivity index (χ2v) is 21.3. The van der Waals surface area contributed by atoms with E-state index in [1.54, 1.807) is 0 Å². The zero-order valence-electron chi connectivity index (χ0n) is 48.4. The standard InChI is InChI=1S/C66H112NO8P/c1-3-5-7-9-11-13-15-17-19-21-23-24-25-26-27-28-29-30-31-32-33-34-35-36-37-38-39-40-41-43-45-47-49-51-53-55-57-59-66(69)75-64(63-74-76(70,71)73-61-60-67)62-72-65(68)58-56-54-52-50-48-46-44-42-22-20-18-16-14-12-10-8-6-4-2/h5,7,11,13-14,16-17,19-20,22-24,26-27,29-30,32-33,35-36,64H,3-4,6,8-10,12,15,18,21,25,28,31,34,37-63,67H2,1-2H3,(H,70,71)/b7-5-,13-11-,16-14-,19-17-,22-20-,24-23-,27-26-,30-29-,33-32-,36-35-. The van der Waals surface area contributed by atoms with E-state index >= 15 is 0 Å². The summed E-state index contributed by atoms with van der Waals surface area (Å²) in [6, 6.07) is 0. The highest BCUT2D eigenvalue weighted by Crippen LogP contribution is 2.43. The maximum Gasteiger partial charge on any atom is 0.472 e. The van der Waals surface area contributed by atoms with Crippen LogP contribution in [0.3, 0.4) is 0 Å². The Balaban J connectivity index is 3.96. The van der Waals surface area contributed by atoms with Gasteiger partial charge in [-0.1, -0.05) is 251 Å². The molecule has 0 fully saturated rings. The quantitative estimate of drug-likeness (QED) is 0.0264. The summed E-state index contributed by atoms with van der Waals surface area (Å²) in [5.74, 6) is -0.841. The summed E-state index contributed by atoms with van der Waals surface area (Å²) >= 11 is 0. The van der Waals surface area contributed by atoms with Crippen LogP contribution in [0.4, 0.5) is 0 Å². The van der Waals surface area contributed by atoms with Crippen molar-refractivity contribution >= 4 is 19.8 Å². The van der Waals surface area contributed by atoms with E-state index in [1.807, 2.05) is 0 Å². The van der Waals surface area contributed by atoms with Crippen LogP contribution in [-0.4, -0.2) is 49.3 Å². The first kappa shape index (κ1) is 72.4. The molecule has 0 bridgehead atoms. The summed E-state index contributed by atoms with van der Waals surface area (Å²) in [5.41, 5.74) is 5.38. The first-order valence-corrected chi connectivity index (χ1v) is 32.0. The minimum absolute atomic E-state index is 0.0471. The van der Waals surface area contributed by atoms with E-state index in [-0.39, 0.29) is 32.6 Å². The number of hydrogen-bond acceptors (Lipinski definition) is 8. The van der Waals surface area contributed by atoms with Crippen LogP contribution in [0.25, 0.3) is 0 Å². The summed E-state index contributed by atoms with van der Waals surface area (Å²) in [6.45, 7) is 3.60. The zero-order valence-corrected chi connectivity index (χ0v) is 49.3. The molecule has 0 radical (unpaired) electrons. The van der Waals surface area contributed by atoms with Gasteiger partial charge in [0.15, 0.2) is 6.10 Å². The first-order valence-electron chi connectivity index (χ1n) is 30.5. The summed E-state index contributed by atoms with van der Waals surface area (Å²) in [5, 5.41) is 0. The molecule has 2 unspecified atom stereocenters. The fraction of sp³-hybridized carbons (Fsp3) is 0.667. The van der Waals surface area contributed by atoms with Gasteiger partial charge in [-0.2, -0.15) is 0 Å². The Hall–Kier alpha value is -3.59. The number of phosphoric ester groups is 1. The van der Waals surface area contributed by atoms with Crippen LogP contribution in [0.2, 0.25) is 0 Å². The molecule has 0 amide bonds. The molecule has 0 heterocycles. The molecule has 0 aliphatic carbocycles. The average molecular weight is 1080 g/mol. The van der Waals surface area contributed by atoms with Crippen LogP contribution < -0.4 is 5.73 Å². The van der Waals surface area contributed by atoms with E-state index in [2.05, 4.69) is 135 Å². The molecule has 0 aromatic heterocycles. The maximum absolute atomic E-state index is 12.7. The van der Waals surface area contributed by atoms with Crippen LogP contribution in [0.5, 0.6) is 0 Å². The number of phosphoric acid groups is 1. The van der Waals surface area contributed by atoms with Crippen molar-refractivity contribution in [2.75, 3.05) is 26.4 Å². The van der Waals surface area contributed by atoms with Crippen molar-refractivity contribution in [3.63, 3.8) is 0 Å². The van der Waals surface area contributed by atoms with Gasteiger partial charge in [0.25, 0.3) is 0 Å². The molecule has 0 spiro atoms. The number of carbonyl (C=O) groups is 2. The van der Waals surface area contributed by atoms with Crippen LogP contribution >= 0.6 is 7.82 Å². The van der Waals surface area contributed by atoms with Gasteiger partial charge in [-0.3, -0.25) is 18.6 Å². The molecule has 0 aromatic rings. The van der Waals surface area contributed by atoms with E-state index in [9.17, 15) is 19.0 Å². The Bertz CT molecular complexity index is 1660. The Morgan fingerprint density at radius 2 is 0.724 bits per heavy atom. The number of hydrogen-bond donors (Lipinski definition) is 2. The molecule has 0 aliphatic heterocycles. The molecule has 10 heteroatoms. The minimum atomic E-state index is -4.40. The van der Waals surface area contributed by atoms with Crippen molar-refractivity contribution in [1.29, 1.82) is 0 Å². The minimum Gasteiger partial charge on any atom is -0.462 e. The Labute approximate surface area is 466 Å². The average Bonchev–Trinajstić information content (AvgIpc) is 3.41. The Kier molecular flexibility index (Phi) is 57.8. The second-order valence-electron chi connectivity index (χ2n) is 19.8. The molecular weight excluding hydrogens is 966 g/mol. The predicted molar refractivity (Wildman–Crippen MR) is 325 cm³/mol. The molecule has 0 saturated heterocycles. The van der Waals surface area contributed by atoms with E-state index in [0.29, 0.717) is 6.42 Å². The number of unbranched alkanes of at least 4 members (excludes halogenated alkanes) is 23. The van der Waals surface area contributed by atoms with Crippen LogP contribution in [-0.2, 0) is 32.7 Å². The molecule has 0 rings (SSSR count). The SMILES string of the molecule is CC/C=C\C/C=C\C/C=C\C/C=C\C/C=C\C/C=C\C/C=C\C/C=C\CCCCCCCCCCCCCCC(=O)OC(COC(=O)CCCCCCCCC/C=C\C/C=C\CCCCCC)COP(=O)(O)OCCN. The fourth-order valence-electron chi connectivity index (χ4n) is 8.09. The number of allylic oxidation sites excluding steroid dienone is 20. The number of rotatable bonds is 56. The zero-order chi connectivity index (χ0) is 55.2. The second kappa shape index (κ2) is 60.6. The molecule has 2 atom stereocenters. The Morgan fingerprint density at radius 3 is 1.08 bits per heavy atom. The van der Waals surface area contributed by atoms with Gasteiger partial charge in [-0.05, 0) is 109 Å². The van der Waals surface area contributed by atoms with Crippen molar-refractivity contribution < 1.29 is 37.6 Å². The van der Waals surface area contributed by atoms with Gasteiger partial charge in [0.05, 0.1) is 13.2 Å². The van der Waals surface area contributed by atoms with Crippen molar-refractivity contribution in [3.8, 4) is 0 Å². The summed E-state index contributed by atoms with van der Waals surface area (Å²) in [7, 11) is -4.40. The summed E-state index contributed by atoms with van der Waals surface area (Å²) in [4.78, 5) is 35.2. The van der Waals surface area contributed by atoms with Gasteiger partial charge in [0, 0.05) is 19.4 Å². The lowest BCUT2D eigenvalue weighted by Gasteiger charge is -2.19. The van der Waals surface area contributed by atoms with Gasteiger partial charge in [0.2, 0.25) is 0 Å². The molecule has 0 saturated carbocycles. The van der Waals surface area contributed by atoms with E-state index < -0.39 is 32.5 Å². The third kappa shape index (κ3) is 59.7. The number of esters is 2. The third-order valence-corrected chi connectivity index (χ3v) is 13.6. The normalized spacial score (nSPS) is 13.9. The lowest BCUT2D eigenvalue weighted by atomic mass is 10.0. The van der Waals surface area contributed by atoms with E-state index in [1.165, 1.54) is 109 Å². The highest BCUT2D eigenvalue weighted by molar-refractivity contribution is 7.47. The smallest absolute Gasteiger partial charge is 0.462 e.